The van der Waals surface area contributed by atoms with E-state index in [1.54, 1.807) is 0 Å². The first-order chi connectivity index (χ1) is 7.37. The predicted molar refractivity (Wildman–Crippen MR) is 54.1 cm³/mol. The van der Waals surface area contributed by atoms with Crippen molar-refractivity contribution in [2.24, 2.45) is 0 Å². The zero-order valence-electron chi connectivity index (χ0n) is 9.49. The summed E-state index contributed by atoms with van der Waals surface area (Å²) >= 11 is 0. The molecule has 1 N–H and O–H groups in total. The van der Waals surface area contributed by atoms with E-state index in [1.165, 1.54) is 0 Å². The first-order valence-electron chi connectivity index (χ1n) is 4.74. The SMILES string of the molecule is CC.Cc1c(F)c(F)c(C)c(C(=O)O)c1F. The van der Waals surface area contributed by atoms with Gasteiger partial charge in [0.25, 0.3) is 0 Å². The summed E-state index contributed by atoms with van der Waals surface area (Å²) in [6.07, 6.45) is 0. The molecular weight excluding hydrogens is 221 g/mol. The predicted octanol–water partition coefficient (Wildman–Crippen LogP) is 3.45. The van der Waals surface area contributed by atoms with Gasteiger partial charge >= 0.3 is 5.97 Å². The Labute approximate surface area is 91.7 Å². The molecule has 0 bridgehead atoms. The van der Waals surface area contributed by atoms with Crippen LogP contribution in [0.1, 0.15) is 35.3 Å². The van der Waals surface area contributed by atoms with Crippen LogP contribution in [-0.2, 0) is 0 Å². The van der Waals surface area contributed by atoms with Gasteiger partial charge in [0.05, 0.1) is 0 Å². The van der Waals surface area contributed by atoms with Crippen molar-refractivity contribution in [3.05, 3.63) is 34.1 Å². The van der Waals surface area contributed by atoms with Gasteiger partial charge in [0.1, 0.15) is 11.4 Å². The molecule has 0 unspecified atom stereocenters. The van der Waals surface area contributed by atoms with Gasteiger partial charge in [-0.1, -0.05) is 13.8 Å². The molecule has 0 saturated heterocycles. The van der Waals surface area contributed by atoms with Gasteiger partial charge in [-0.3, -0.25) is 0 Å². The maximum atomic E-state index is 13.2. The third-order valence-corrected chi connectivity index (χ3v) is 1.99. The molecule has 0 heterocycles. The molecular formula is C11H13F3O2. The van der Waals surface area contributed by atoms with Crippen molar-refractivity contribution < 1.29 is 23.1 Å². The molecule has 0 amide bonds. The largest absolute Gasteiger partial charge is 0.478 e. The van der Waals surface area contributed by atoms with Crippen molar-refractivity contribution in [2.75, 3.05) is 0 Å². The molecule has 1 aromatic rings. The van der Waals surface area contributed by atoms with E-state index in [4.69, 9.17) is 5.11 Å². The average molecular weight is 234 g/mol. The van der Waals surface area contributed by atoms with E-state index in [0.717, 1.165) is 13.8 Å². The summed E-state index contributed by atoms with van der Waals surface area (Å²) < 4.78 is 39.0. The van der Waals surface area contributed by atoms with Crippen LogP contribution < -0.4 is 0 Å². The molecule has 0 spiro atoms. The molecule has 0 atom stereocenters. The fourth-order valence-electron chi connectivity index (χ4n) is 1.14. The topological polar surface area (TPSA) is 37.3 Å². The summed E-state index contributed by atoms with van der Waals surface area (Å²) in [5.74, 6) is -5.50. The summed E-state index contributed by atoms with van der Waals surface area (Å²) in [5, 5.41) is 8.56. The lowest BCUT2D eigenvalue weighted by Gasteiger charge is -2.08. The smallest absolute Gasteiger partial charge is 0.339 e. The number of carboxylic acids is 1. The molecule has 0 radical (unpaired) electrons. The standard InChI is InChI=1S/C9H7F3O2.C2H6/c1-3-5(9(13)14)6(10)4(2)8(12)7(3)11;1-2/h1-2H3,(H,13,14);1-2H3. The number of hydrogen-bond acceptors (Lipinski definition) is 1. The van der Waals surface area contributed by atoms with Crippen LogP contribution in [0, 0.1) is 31.3 Å². The van der Waals surface area contributed by atoms with E-state index in [0.29, 0.717) is 0 Å². The van der Waals surface area contributed by atoms with Crippen molar-refractivity contribution in [1.29, 1.82) is 0 Å². The van der Waals surface area contributed by atoms with Crippen molar-refractivity contribution in [3.63, 3.8) is 0 Å². The summed E-state index contributed by atoms with van der Waals surface area (Å²) in [6, 6.07) is 0. The van der Waals surface area contributed by atoms with Gasteiger partial charge in [-0.2, -0.15) is 0 Å². The van der Waals surface area contributed by atoms with Gasteiger partial charge in [0.2, 0.25) is 0 Å². The Morgan fingerprint density at radius 2 is 1.31 bits per heavy atom. The Hall–Kier alpha value is -1.52. The lowest BCUT2D eigenvalue weighted by Crippen LogP contribution is -2.10. The third kappa shape index (κ3) is 2.35. The Bertz CT molecular complexity index is 385. The third-order valence-electron chi connectivity index (χ3n) is 1.99. The van der Waals surface area contributed by atoms with E-state index in [2.05, 4.69) is 0 Å². The number of benzene rings is 1. The molecule has 16 heavy (non-hydrogen) atoms. The summed E-state index contributed by atoms with van der Waals surface area (Å²) in [6.45, 7) is 6.00. The van der Waals surface area contributed by atoms with Gasteiger partial charge in [-0.15, -0.1) is 0 Å². The van der Waals surface area contributed by atoms with Crippen molar-refractivity contribution in [3.8, 4) is 0 Å². The van der Waals surface area contributed by atoms with E-state index < -0.39 is 40.1 Å². The van der Waals surface area contributed by atoms with Crippen LogP contribution in [0.15, 0.2) is 0 Å². The van der Waals surface area contributed by atoms with Gasteiger partial charge in [0.15, 0.2) is 11.6 Å². The Morgan fingerprint density at radius 3 is 1.69 bits per heavy atom. The second-order valence-corrected chi connectivity index (χ2v) is 2.87. The van der Waals surface area contributed by atoms with E-state index in [-0.39, 0.29) is 0 Å². The second kappa shape index (κ2) is 5.53. The van der Waals surface area contributed by atoms with Crippen LogP contribution in [0.25, 0.3) is 0 Å². The zero-order chi connectivity index (χ0) is 13.0. The highest BCUT2D eigenvalue weighted by Gasteiger charge is 2.23. The molecule has 0 aliphatic rings. The number of halogens is 3. The highest BCUT2D eigenvalue weighted by molar-refractivity contribution is 5.90. The molecule has 90 valence electrons. The molecule has 0 saturated carbocycles. The molecule has 2 nitrogen and oxygen atoms in total. The molecule has 0 fully saturated rings. The monoisotopic (exact) mass is 234 g/mol. The second-order valence-electron chi connectivity index (χ2n) is 2.87. The van der Waals surface area contributed by atoms with Crippen LogP contribution in [0.3, 0.4) is 0 Å². The minimum Gasteiger partial charge on any atom is -0.478 e. The van der Waals surface area contributed by atoms with Gasteiger partial charge < -0.3 is 5.11 Å². The molecule has 0 aliphatic carbocycles. The number of hydrogen-bond donors (Lipinski definition) is 1. The van der Waals surface area contributed by atoms with Gasteiger partial charge in [0, 0.05) is 11.1 Å². The first-order valence-corrected chi connectivity index (χ1v) is 4.74. The zero-order valence-corrected chi connectivity index (χ0v) is 9.49. The van der Waals surface area contributed by atoms with E-state index >= 15 is 0 Å². The Balaban J connectivity index is 0.00000106. The normalized spacial score (nSPS) is 9.44. The van der Waals surface area contributed by atoms with Crippen LogP contribution in [0.2, 0.25) is 0 Å². The molecule has 1 rings (SSSR count). The van der Waals surface area contributed by atoms with Gasteiger partial charge in [-0.25, -0.2) is 18.0 Å². The molecule has 0 aliphatic heterocycles. The highest BCUT2D eigenvalue weighted by Crippen LogP contribution is 2.23. The van der Waals surface area contributed by atoms with E-state index in [9.17, 15) is 18.0 Å². The number of aromatic carboxylic acids is 1. The number of carboxylic acid groups (broad SMARTS) is 1. The fourth-order valence-corrected chi connectivity index (χ4v) is 1.14. The lowest BCUT2D eigenvalue weighted by molar-refractivity contribution is 0.0690. The Morgan fingerprint density at radius 1 is 0.938 bits per heavy atom. The molecule has 1 aromatic carbocycles. The minimum absolute atomic E-state index is 0.530. The van der Waals surface area contributed by atoms with Crippen LogP contribution in [0.4, 0.5) is 13.2 Å². The lowest BCUT2D eigenvalue weighted by atomic mass is 10.0. The summed E-state index contributed by atoms with van der Waals surface area (Å²) in [4.78, 5) is 10.5. The summed E-state index contributed by atoms with van der Waals surface area (Å²) in [7, 11) is 0. The van der Waals surface area contributed by atoms with Gasteiger partial charge in [-0.05, 0) is 13.8 Å². The molecule has 0 aromatic heterocycles. The highest BCUT2D eigenvalue weighted by atomic mass is 19.2. The van der Waals surface area contributed by atoms with Crippen LogP contribution in [0.5, 0.6) is 0 Å². The quantitative estimate of drug-likeness (QED) is 0.755. The van der Waals surface area contributed by atoms with Crippen molar-refractivity contribution in [1.82, 2.24) is 0 Å². The van der Waals surface area contributed by atoms with Crippen LogP contribution >= 0.6 is 0 Å². The summed E-state index contributed by atoms with van der Waals surface area (Å²) in [5.41, 5.74) is -1.97. The number of carbonyl (C=O) groups is 1. The van der Waals surface area contributed by atoms with Crippen LogP contribution in [-0.4, -0.2) is 11.1 Å². The van der Waals surface area contributed by atoms with Crippen molar-refractivity contribution in [2.45, 2.75) is 27.7 Å². The fraction of sp³-hybridized carbons (Fsp3) is 0.364. The van der Waals surface area contributed by atoms with Crippen molar-refractivity contribution >= 4 is 5.97 Å². The minimum atomic E-state index is -1.61. The maximum Gasteiger partial charge on any atom is 0.339 e. The van der Waals surface area contributed by atoms with E-state index in [1.807, 2.05) is 13.8 Å². The first kappa shape index (κ1) is 14.5. The average Bonchev–Trinajstić information content (AvgIpc) is 2.26. The Kier molecular flexibility index (Phi) is 5.01. The number of rotatable bonds is 1. The molecule has 5 heteroatoms. The maximum absolute atomic E-state index is 13.2.